The van der Waals surface area contributed by atoms with Crippen molar-refractivity contribution in [3.8, 4) is 17.2 Å². The van der Waals surface area contributed by atoms with Crippen LogP contribution in [0.4, 0.5) is 0 Å². The van der Waals surface area contributed by atoms with Gasteiger partial charge < -0.3 is 23.5 Å². The van der Waals surface area contributed by atoms with Gasteiger partial charge in [0.1, 0.15) is 11.3 Å². The van der Waals surface area contributed by atoms with Gasteiger partial charge in [0.15, 0.2) is 16.9 Å². The number of nitrogens with zero attached hydrogens (tertiary/aromatic N) is 1. The summed E-state index contributed by atoms with van der Waals surface area (Å²) in [6, 6.07) is 16.9. The minimum Gasteiger partial charge on any atom is -0.496 e. The number of carbonyl (C=O) groups excluding carboxylic acids is 1. The Morgan fingerprint density at radius 1 is 0.886 bits per heavy atom. The summed E-state index contributed by atoms with van der Waals surface area (Å²) < 4.78 is 22.6. The van der Waals surface area contributed by atoms with Crippen molar-refractivity contribution >= 4 is 28.5 Å². The second-order valence-corrected chi connectivity index (χ2v) is 8.52. The molecule has 1 amide bonds. The first-order valence-corrected chi connectivity index (χ1v) is 11.3. The number of carbonyl (C=O) groups is 1. The predicted molar refractivity (Wildman–Crippen MR) is 132 cm³/mol. The van der Waals surface area contributed by atoms with Gasteiger partial charge in [-0.25, -0.2) is 0 Å². The highest BCUT2D eigenvalue weighted by molar-refractivity contribution is 6.31. The van der Waals surface area contributed by atoms with Gasteiger partial charge in [-0.2, -0.15) is 0 Å². The molecule has 35 heavy (non-hydrogen) atoms. The lowest BCUT2D eigenvalue weighted by atomic mass is 9.96. The summed E-state index contributed by atoms with van der Waals surface area (Å²) in [5.41, 5.74) is 1.67. The van der Waals surface area contributed by atoms with E-state index in [1.54, 1.807) is 35.2 Å². The number of ether oxygens (including phenoxy) is 3. The molecule has 0 radical (unpaired) electrons. The Labute approximate surface area is 206 Å². The summed E-state index contributed by atoms with van der Waals surface area (Å²) in [6.07, 6.45) is 0. The molecule has 5 rings (SSSR count). The van der Waals surface area contributed by atoms with Crippen LogP contribution >= 0.6 is 11.6 Å². The van der Waals surface area contributed by atoms with Gasteiger partial charge >= 0.3 is 0 Å². The van der Waals surface area contributed by atoms with Crippen LogP contribution in [-0.2, 0) is 6.54 Å². The maximum atomic E-state index is 13.8. The van der Waals surface area contributed by atoms with E-state index in [2.05, 4.69) is 0 Å². The highest BCUT2D eigenvalue weighted by atomic mass is 35.5. The van der Waals surface area contributed by atoms with Crippen LogP contribution in [0.25, 0.3) is 11.0 Å². The van der Waals surface area contributed by atoms with E-state index in [0.29, 0.717) is 38.8 Å². The summed E-state index contributed by atoms with van der Waals surface area (Å²) in [5, 5.41) is 0.700. The lowest BCUT2D eigenvalue weighted by molar-refractivity contribution is 0.0712. The molecule has 8 heteroatoms. The zero-order valence-electron chi connectivity index (χ0n) is 19.3. The number of hydrogen-bond donors (Lipinski definition) is 0. The molecule has 7 nitrogen and oxygen atoms in total. The highest BCUT2D eigenvalue weighted by Crippen LogP contribution is 2.46. The third kappa shape index (κ3) is 3.78. The molecular formula is C27H22ClNO6. The minimum absolute atomic E-state index is 0.00240. The maximum absolute atomic E-state index is 13.8. The summed E-state index contributed by atoms with van der Waals surface area (Å²) >= 11 is 6.17. The molecule has 1 aromatic heterocycles. The highest BCUT2D eigenvalue weighted by Gasteiger charge is 2.44. The summed E-state index contributed by atoms with van der Waals surface area (Å²) in [7, 11) is 4.57. The molecule has 0 aliphatic carbocycles. The van der Waals surface area contributed by atoms with E-state index in [0.717, 1.165) is 5.56 Å². The van der Waals surface area contributed by atoms with Crippen LogP contribution in [0.5, 0.6) is 17.2 Å². The number of methoxy groups -OCH3 is 3. The Morgan fingerprint density at radius 3 is 2.26 bits per heavy atom. The monoisotopic (exact) mass is 491 g/mol. The third-order valence-electron chi connectivity index (χ3n) is 6.15. The van der Waals surface area contributed by atoms with Crippen molar-refractivity contribution in [1.29, 1.82) is 0 Å². The molecule has 1 aliphatic heterocycles. The second kappa shape index (κ2) is 9.00. The summed E-state index contributed by atoms with van der Waals surface area (Å²) in [4.78, 5) is 29.1. The molecule has 1 aliphatic rings. The molecule has 0 spiro atoms. The van der Waals surface area contributed by atoms with Crippen molar-refractivity contribution in [3.05, 3.63) is 98.4 Å². The van der Waals surface area contributed by atoms with Crippen LogP contribution in [-0.4, -0.2) is 32.1 Å². The van der Waals surface area contributed by atoms with Crippen LogP contribution in [0.3, 0.4) is 0 Å². The Hall–Kier alpha value is -3.97. The molecule has 0 saturated carbocycles. The fourth-order valence-electron chi connectivity index (χ4n) is 4.53. The first kappa shape index (κ1) is 22.8. The normalized spacial score (nSPS) is 14.8. The van der Waals surface area contributed by atoms with E-state index >= 15 is 0 Å². The Morgan fingerprint density at radius 2 is 1.57 bits per heavy atom. The smallest absolute Gasteiger partial charge is 0.291 e. The predicted octanol–water partition coefficient (Wildman–Crippen LogP) is 5.22. The molecule has 3 aromatic carbocycles. The second-order valence-electron chi connectivity index (χ2n) is 8.08. The largest absolute Gasteiger partial charge is 0.496 e. The lowest BCUT2D eigenvalue weighted by Crippen LogP contribution is -2.29. The minimum atomic E-state index is -0.785. The van der Waals surface area contributed by atoms with Crippen molar-refractivity contribution in [3.63, 3.8) is 0 Å². The SMILES string of the molecule is COc1cc(OC)c(C2c3c(oc4ccc(Cl)cc4c3=O)C(=O)N2Cc2ccccc2)cc1OC. The van der Waals surface area contributed by atoms with Crippen LogP contribution in [0, 0.1) is 0 Å². The summed E-state index contributed by atoms with van der Waals surface area (Å²) in [6.45, 7) is 0.253. The van der Waals surface area contributed by atoms with E-state index in [1.165, 1.54) is 21.3 Å². The van der Waals surface area contributed by atoms with Crippen LogP contribution in [0.1, 0.15) is 33.3 Å². The van der Waals surface area contributed by atoms with Crippen LogP contribution in [0.15, 0.2) is 69.9 Å². The molecule has 0 bridgehead atoms. The van der Waals surface area contributed by atoms with Gasteiger partial charge in [-0.05, 0) is 29.8 Å². The van der Waals surface area contributed by atoms with E-state index < -0.39 is 6.04 Å². The quantitative estimate of drug-likeness (QED) is 0.368. The molecule has 2 heterocycles. The van der Waals surface area contributed by atoms with Gasteiger partial charge in [-0.15, -0.1) is 0 Å². The van der Waals surface area contributed by atoms with Crippen molar-refractivity contribution in [2.45, 2.75) is 12.6 Å². The molecule has 4 aromatic rings. The maximum Gasteiger partial charge on any atom is 0.291 e. The van der Waals surface area contributed by atoms with Gasteiger partial charge in [0.2, 0.25) is 5.76 Å². The number of halogens is 1. The zero-order chi connectivity index (χ0) is 24.7. The molecule has 0 fully saturated rings. The first-order valence-electron chi connectivity index (χ1n) is 10.9. The molecule has 1 unspecified atom stereocenters. The zero-order valence-corrected chi connectivity index (χ0v) is 20.1. The van der Waals surface area contributed by atoms with Gasteiger partial charge in [0.25, 0.3) is 5.91 Å². The third-order valence-corrected chi connectivity index (χ3v) is 6.39. The average molecular weight is 492 g/mol. The van der Waals surface area contributed by atoms with E-state index in [1.807, 2.05) is 30.3 Å². The molecule has 0 N–H and O–H groups in total. The van der Waals surface area contributed by atoms with Crippen molar-refractivity contribution in [2.75, 3.05) is 21.3 Å². The summed E-state index contributed by atoms with van der Waals surface area (Å²) in [5.74, 6) is 0.959. The lowest BCUT2D eigenvalue weighted by Gasteiger charge is -2.27. The standard InChI is InChI=1S/C27H22ClNO6/c1-32-20-13-22(34-3)21(33-2)12-17(20)24-23-25(30)18-11-16(28)9-10-19(18)35-26(23)27(31)29(24)14-15-7-5-4-6-8-15/h4-13,24H,14H2,1-3H3. The van der Waals surface area contributed by atoms with Crippen LogP contribution < -0.4 is 19.6 Å². The van der Waals surface area contributed by atoms with E-state index in [9.17, 15) is 9.59 Å². The first-order chi connectivity index (χ1) is 17.0. The molecule has 0 saturated heterocycles. The van der Waals surface area contributed by atoms with Crippen molar-refractivity contribution in [2.24, 2.45) is 0 Å². The van der Waals surface area contributed by atoms with Gasteiger partial charge in [0, 0.05) is 23.2 Å². The number of rotatable bonds is 6. The number of fused-ring (bicyclic) bond motifs is 2. The number of hydrogen-bond acceptors (Lipinski definition) is 6. The average Bonchev–Trinajstić information content (AvgIpc) is 3.15. The topological polar surface area (TPSA) is 78.2 Å². The molecular weight excluding hydrogens is 470 g/mol. The Kier molecular flexibility index (Phi) is 5.86. The van der Waals surface area contributed by atoms with Crippen LogP contribution in [0.2, 0.25) is 5.02 Å². The molecule has 178 valence electrons. The number of benzene rings is 3. The van der Waals surface area contributed by atoms with Crippen molar-refractivity contribution < 1.29 is 23.4 Å². The number of amides is 1. The Bertz CT molecular complexity index is 1500. The molecule has 1 atom stereocenters. The van der Waals surface area contributed by atoms with E-state index in [-0.39, 0.29) is 29.2 Å². The fraction of sp³-hybridized carbons (Fsp3) is 0.185. The van der Waals surface area contributed by atoms with Crippen molar-refractivity contribution in [1.82, 2.24) is 4.90 Å². The fourth-order valence-corrected chi connectivity index (χ4v) is 4.70. The van der Waals surface area contributed by atoms with Gasteiger partial charge in [0.05, 0.1) is 38.3 Å². The van der Waals surface area contributed by atoms with Gasteiger partial charge in [-0.3, -0.25) is 9.59 Å². The Balaban J connectivity index is 1.80. The van der Waals surface area contributed by atoms with Gasteiger partial charge in [-0.1, -0.05) is 41.9 Å². The van der Waals surface area contributed by atoms with E-state index in [4.69, 9.17) is 30.2 Å².